The quantitative estimate of drug-likeness (QED) is 0.801. The second-order valence-corrected chi connectivity index (χ2v) is 5.19. The zero-order chi connectivity index (χ0) is 11.2. The van der Waals surface area contributed by atoms with Gasteiger partial charge < -0.3 is 10.1 Å². The molecule has 0 aliphatic carbocycles. The molecule has 16 heavy (non-hydrogen) atoms. The molecule has 1 atom stereocenters. The third-order valence-electron chi connectivity index (χ3n) is 2.94. The number of nitrogens with one attached hydrogen (secondary N) is 1. The molecule has 1 unspecified atom stereocenters. The Balaban J connectivity index is 1.85. The van der Waals surface area contributed by atoms with Crippen molar-refractivity contribution in [2.24, 2.45) is 0 Å². The van der Waals surface area contributed by atoms with E-state index in [2.05, 4.69) is 10.7 Å². The molecule has 0 bridgehead atoms. The molecule has 1 N–H and O–H groups in total. The number of ether oxygens (including phenoxy) is 1. The Morgan fingerprint density at radius 3 is 3.31 bits per heavy atom. The van der Waals surface area contributed by atoms with Crippen LogP contribution in [0, 0.1) is 0 Å². The van der Waals surface area contributed by atoms with Gasteiger partial charge in [0.15, 0.2) is 0 Å². The molecule has 0 aromatic carbocycles. The molecule has 1 aromatic rings. The average Bonchev–Trinajstić information content (AvgIpc) is 2.79. The summed E-state index contributed by atoms with van der Waals surface area (Å²) < 4.78 is 5.50. The highest BCUT2D eigenvalue weighted by molar-refractivity contribution is 7.09. The van der Waals surface area contributed by atoms with E-state index in [1.54, 1.807) is 11.3 Å². The van der Waals surface area contributed by atoms with E-state index in [1.165, 1.54) is 30.0 Å². The lowest BCUT2D eigenvalue weighted by Crippen LogP contribution is -2.15. The molecule has 1 aromatic heterocycles. The Morgan fingerprint density at radius 2 is 2.56 bits per heavy atom. The Hall–Kier alpha value is -0.450. The van der Waals surface area contributed by atoms with Gasteiger partial charge in [-0.2, -0.15) is 0 Å². The number of aromatic nitrogens is 1. The van der Waals surface area contributed by atoms with E-state index in [4.69, 9.17) is 9.72 Å². The summed E-state index contributed by atoms with van der Waals surface area (Å²) in [6.07, 6.45) is 4.68. The minimum absolute atomic E-state index is 0.553. The van der Waals surface area contributed by atoms with Crippen LogP contribution < -0.4 is 5.32 Å². The van der Waals surface area contributed by atoms with Gasteiger partial charge in [0.2, 0.25) is 0 Å². The van der Waals surface area contributed by atoms with Crippen LogP contribution in [0.15, 0.2) is 5.38 Å². The monoisotopic (exact) mass is 240 g/mol. The average molecular weight is 240 g/mol. The predicted octanol–water partition coefficient (Wildman–Crippen LogP) is 2.19. The number of hydrogen-bond acceptors (Lipinski definition) is 4. The van der Waals surface area contributed by atoms with Crippen LogP contribution >= 0.6 is 11.3 Å². The van der Waals surface area contributed by atoms with E-state index >= 15 is 0 Å². The first-order chi connectivity index (χ1) is 7.90. The number of thiazole rings is 1. The third kappa shape index (κ3) is 3.27. The summed E-state index contributed by atoms with van der Waals surface area (Å²) in [7, 11) is 1.99. The van der Waals surface area contributed by atoms with E-state index in [-0.39, 0.29) is 0 Å². The van der Waals surface area contributed by atoms with Gasteiger partial charge in [-0.1, -0.05) is 0 Å². The summed E-state index contributed by atoms with van der Waals surface area (Å²) >= 11 is 1.80. The third-order valence-corrected chi connectivity index (χ3v) is 3.99. The van der Waals surface area contributed by atoms with E-state index in [9.17, 15) is 0 Å². The van der Waals surface area contributed by atoms with Gasteiger partial charge in [0.05, 0.1) is 17.3 Å². The van der Waals surface area contributed by atoms with E-state index in [0.29, 0.717) is 5.92 Å². The van der Waals surface area contributed by atoms with Crippen molar-refractivity contribution >= 4 is 11.3 Å². The van der Waals surface area contributed by atoms with Gasteiger partial charge in [-0.15, -0.1) is 11.3 Å². The fourth-order valence-electron chi connectivity index (χ4n) is 2.01. The smallest absolute Gasteiger partial charge is 0.0982 e. The highest BCUT2D eigenvalue weighted by atomic mass is 32.1. The molecule has 4 heteroatoms. The first kappa shape index (κ1) is 12.0. The molecule has 1 aliphatic rings. The topological polar surface area (TPSA) is 34.1 Å². The van der Waals surface area contributed by atoms with Gasteiger partial charge in [0.25, 0.3) is 0 Å². The summed E-state index contributed by atoms with van der Waals surface area (Å²) in [6, 6.07) is 0. The van der Waals surface area contributed by atoms with Crippen molar-refractivity contribution in [2.45, 2.75) is 31.6 Å². The van der Waals surface area contributed by atoms with Crippen LogP contribution in [-0.4, -0.2) is 31.8 Å². The summed E-state index contributed by atoms with van der Waals surface area (Å²) in [4.78, 5) is 4.72. The van der Waals surface area contributed by atoms with Crippen molar-refractivity contribution in [2.75, 3.05) is 26.8 Å². The molecule has 0 radical (unpaired) electrons. The highest BCUT2D eigenvalue weighted by Gasteiger charge is 2.18. The molecule has 0 amide bonds. The highest BCUT2D eigenvalue weighted by Crippen LogP contribution is 2.28. The first-order valence-electron chi connectivity index (χ1n) is 6.07. The molecule has 1 fully saturated rings. The van der Waals surface area contributed by atoms with E-state index in [0.717, 1.165) is 26.2 Å². The maximum absolute atomic E-state index is 5.50. The number of hydrogen-bond donors (Lipinski definition) is 1. The molecule has 0 spiro atoms. The van der Waals surface area contributed by atoms with Crippen molar-refractivity contribution < 1.29 is 4.74 Å². The van der Waals surface area contributed by atoms with Crippen molar-refractivity contribution in [1.29, 1.82) is 0 Å². The Labute approximate surface area is 101 Å². The fourth-order valence-corrected chi connectivity index (χ4v) is 2.98. The van der Waals surface area contributed by atoms with Crippen LogP contribution in [-0.2, 0) is 11.2 Å². The van der Waals surface area contributed by atoms with Crippen molar-refractivity contribution in [1.82, 2.24) is 10.3 Å². The second kappa shape index (κ2) is 6.33. The summed E-state index contributed by atoms with van der Waals surface area (Å²) in [5.41, 5.74) is 1.25. The summed E-state index contributed by atoms with van der Waals surface area (Å²) in [5.74, 6) is 0.553. The molecule has 1 saturated heterocycles. The minimum atomic E-state index is 0.553. The lowest BCUT2D eigenvalue weighted by Gasteiger charge is -2.19. The SMILES string of the molecule is CNCCCc1csc(C2CCCOC2)n1. The second-order valence-electron chi connectivity index (χ2n) is 4.30. The van der Waals surface area contributed by atoms with Crippen LogP contribution in [0.25, 0.3) is 0 Å². The molecule has 90 valence electrons. The van der Waals surface area contributed by atoms with E-state index < -0.39 is 0 Å². The zero-order valence-electron chi connectivity index (χ0n) is 9.87. The van der Waals surface area contributed by atoms with Gasteiger partial charge in [0, 0.05) is 17.9 Å². The van der Waals surface area contributed by atoms with Gasteiger partial charge in [-0.25, -0.2) is 4.98 Å². The maximum atomic E-state index is 5.50. The lowest BCUT2D eigenvalue weighted by molar-refractivity contribution is 0.0803. The van der Waals surface area contributed by atoms with Crippen LogP contribution in [0.5, 0.6) is 0 Å². The largest absolute Gasteiger partial charge is 0.381 e. The standard InChI is InChI=1S/C12H20N2OS/c1-13-6-2-5-11-9-16-12(14-11)10-4-3-7-15-8-10/h9-10,13H,2-8H2,1H3. The Morgan fingerprint density at radius 1 is 1.62 bits per heavy atom. The van der Waals surface area contributed by atoms with Crippen LogP contribution in [0.4, 0.5) is 0 Å². The minimum Gasteiger partial charge on any atom is -0.381 e. The van der Waals surface area contributed by atoms with Gasteiger partial charge in [-0.3, -0.25) is 0 Å². The fraction of sp³-hybridized carbons (Fsp3) is 0.750. The van der Waals surface area contributed by atoms with Gasteiger partial charge in [0.1, 0.15) is 0 Å². The van der Waals surface area contributed by atoms with Crippen molar-refractivity contribution in [3.8, 4) is 0 Å². The normalized spacial score (nSPS) is 21.2. The number of aryl methyl sites for hydroxylation is 1. The maximum Gasteiger partial charge on any atom is 0.0982 e. The van der Waals surface area contributed by atoms with Gasteiger partial charge in [-0.05, 0) is 39.3 Å². The molecule has 1 aliphatic heterocycles. The molecule has 2 rings (SSSR count). The lowest BCUT2D eigenvalue weighted by atomic mass is 10.0. The van der Waals surface area contributed by atoms with Gasteiger partial charge >= 0.3 is 0 Å². The zero-order valence-corrected chi connectivity index (χ0v) is 10.7. The molecular weight excluding hydrogens is 220 g/mol. The number of rotatable bonds is 5. The Kier molecular flexibility index (Phi) is 4.75. The predicted molar refractivity (Wildman–Crippen MR) is 67.2 cm³/mol. The molecule has 2 heterocycles. The summed E-state index contributed by atoms with van der Waals surface area (Å²) in [5, 5.41) is 6.65. The number of nitrogens with zero attached hydrogens (tertiary/aromatic N) is 1. The van der Waals surface area contributed by atoms with Crippen LogP contribution in [0.1, 0.15) is 35.9 Å². The Bertz CT molecular complexity index is 308. The molecule has 0 saturated carbocycles. The summed E-state index contributed by atoms with van der Waals surface area (Å²) in [6.45, 7) is 2.86. The molecular formula is C12H20N2OS. The van der Waals surface area contributed by atoms with E-state index in [1.807, 2.05) is 7.05 Å². The first-order valence-corrected chi connectivity index (χ1v) is 6.94. The van der Waals surface area contributed by atoms with Crippen LogP contribution in [0.2, 0.25) is 0 Å². The van der Waals surface area contributed by atoms with Crippen LogP contribution in [0.3, 0.4) is 0 Å². The van der Waals surface area contributed by atoms with Crippen molar-refractivity contribution in [3.63, 3.8) is 0 Å². The van der Waals surface area contributed by atoms with Crippen molar-refractivity contribution in [3.05, 3.63) is 16.1 Å². The molecule has 3 nitrogen and oxygen atoms in total.